The Morgan fingerprint density at radius 3 is 3.00 bits per heavy atom. The zero-order valence-corrected chi connectivity index (χ0v) is 11.3. The zero-order valence-electron chi connectivity index (χ0n) is 11.3. The van der Waals surface area contributed by atoms with E-state index in [0.717, 1.165) is 18.5 Å². The third kappa shape index (κ3) is 2.54. The van der Waals surface area contributed by atoms with Crippen LogP contribution < -0.4 is 5.32 Å². The van der Waals surface area contributed by atoms with Gasteiger partial charge in [-0.3, -0.25) is 9.48 Å². The molecule has 1 fully saturated rings. The van der Waals surface area contributed by atoms with Crippen molar-refractivity contribution in [2.45, 2.75) is 38.1 Å². The fourth-order valence-corrected chi connectivity index (χ4v) is 2.69. The standard InChI is InChI=1S/C12H17N7O/c1-19-7-9(11(16-19)8-4-2-3-5-8)12(20)13-6-10-14-17-18-15-10/h7-8H,2-6H2,1H3,(H,13,20)(H,14,15,17,18). The summed E-state index contributed by atoms with van der Waals surface area (Å²) in [6.07, 6.45) is 6.43. The molecular formula is C12H17N7O. The van der Waals surface area contributed by atoms with Crippen LogP contribution in [0.3, 0.4) is 0 Å². The maximum atomic E-state index is 12.3. The van der Waals surface area contributed by atoms with Crippen LogP contribution in [0.4, 0.5) is 0 Å². The van der Waals surface area contributed by atoms with E-state index in [1.807, 2.05) is 7.05 Å². The van der Waals surface area contributed by atoms with Gasteiger partial charge in [0.25, 0.3) is 5.91 Å². The summed E-state index contributed by atoms with van der Waals surface area (Å²) in [6.45, 7) is 0.258. The molecule has 0 radical (unpaired) electrons. The van der Waals surface area contributed by atoms with E-state index in [9.17, 15) is 4.79 Å². The van der Waals surface area contributed by atoms with Gasteiger partial charge < -0.3 is 5.32 Å². The number of aromatic nitrogens is 6. The number of rotatable bonds is 4. The van der Waals surface area contributed by atoms with E-state index in [0.29, 0.717) is 17.3 Å². The molecule has 2 heterocycles. The van der Waals surface area contributed by atoms with Crippen molar-refractivity contribution in [1.82, 2.24) is 35.7 Å². The molecule has 1 aliphatic rings. The van der Waals surface area contributed by atoms with Gasteiger partial charge in [-0.2, -0.15) is 10.3 Å². The van der Waals surface area contributed by atoms with Crippen LogP contribution in [0.25, 0.3) is 0 Å². The average Bonchev–Trinajstić information content (AvgIpc) is 3.16. The molecule has 0 bridgehead atoms. The Morgan fingerprint density at radius 1 is 1.50 bits per heavy atom. The van der Waals surface area contributed by atoms with E-state index < -0.39 is 0 Å². The van der Waals surface area contributed by atoms with Gasteiger partial charge in [-0.05, 0) is 12.8 Å². The van der Waals surface area contributed by atoms with Gasteiger partial charge in [0, 0.05) is 19.2 Å². The van der Waals surface area contributed by atoms with Crippen molar-refractivity contribution in [1.29, 1.82) is 0 Å². The molecule has 8 nitrogen and oxygen atoms in total. The lowest BCUT2D eigenvalue weighted by Crippen LogP contribution is -2.24. The highest BCUT2D eigenvalue weighted by Gasteiger charge is 2.25. The maximum Gasteiger partial charge on any atom is 0.255 e. The predicted molar refractivity (Wildman–Crippen MR) is 69.8 cm³/mol. The lowest BCUT2D eigenvalue weighted by Gasteiger charge is -2.08. The van der Waals surface area contributed by atoms with Crippen LogP contribution in [-0.2, 0) is 13.6 Å². The maximum absolute atomic E-state index is 12.3. The predicted octanol–water partition coefficient (Wildman–Crippen LogP) is 0.521. The highest BCUT2D eigenvalue weighted by atomic mass is 16.1. The molecule has 2 N–H and O–H groups in total. The molecule has 0 spiro atoms. The van der Waals surface area contributed by atoms with E-state index in [1.165, 1.54) is 12.8 Å². The third-order valence-corrected chi connectivity index (χ3v) is 3.64. The Labute approximate surface area is 115 Å². The molecule has 2 aromatic heterocycles. The molecular weight excluding hydrogens is 258 g/mol. The lowest BCUT2D eigenvalue weighted by molar-refractivity contribution is 0.0948. The minimum Gasteiger partial charge on any atom is -0.344 e. The Hall–Kier alpha value is -2.25. The number of aromatic amines is 1. The van der Waals surface area contributed by atoms with Crippen molar-refractivity contribution >= 4 is 5.91 Å². The molecule has 0 unspecified atom stereocenters. The monoisotopic (exact) mass is 275 g/mol. The second-order valence-electron chi connectivity index (χ2n) is 5.09. The SMILES string of the molecule is Cn1cc(C(=O)NCc2nn[nH]n2)c(C2CCCC2)n1. The number of H-pyrrole nitrogens is 1. The van der Waals surface area contributed by atoms with Gasteiger partial charge in [-0.15, -0.1) is 10.2 Å². The summed E-state index contributed by atoms with van der Waals surface area (Å²) in [4.78, 5) is 12.3. The summed E-state index contributed by atoms with van der Waals surface area (Å²) in [7, 11) is 1.84. The van der Waals surface area contributed by atoms with Gasteiger partial charge in [0.05, 0.1) is 17.8 Å². The Kier molecular flexibility index (Phi) is 3.44. The highest BCUT2D eigenvalue weighted by molar-refractivity contribution is 5.95. The van der Waals surface area contributed by atoms with Crippen LogP contribution in [-0.4, -0.2) is 36.3 Å². The normalized spacial score (nSPS) is 15.7. The smallest absolute Gasteiger partial charge is 0.255 e. The summed E-state index contributed by atoms with van der Waals surface area (Å²) in [5.74, 6) is 0.733. The molecule has 1 amide bonds. The fourth-order valence-electron chi connectivity index (χ4n) is 2.69. The van der Waals surface area contributed by atoms with Crippen LogP contribution in [0.5, 0.6) is 0 Å². The number of carbonyl (C=O) groups excluding carboxylic acids is 1. The Bertz CT molecular complexity index is 583. The van der Waals surface area contributed by atoms with E-state index in [2.05, 4.69) is 31.0 Å². The number of carbonyl (C=O) groups is 1. The lowest BCUT2D eigenvalue weighted by atomic mass is 10.0. The molecule has 0 saturated heterocycles. The Morgan fingerprint density at radius 2 is 2.30 bits per heavy atom. The van der Waals surface area contributed by atoms with Crippen molar-refractivity contribution in [3.63, 3.8) is 0 Å². The summed E-state index contributed by atoms with van der Waals surface area (Å²) < 4.78 is 1.71. The molecule has 1 saturated carbocycles. The topological polar surface area (TPSA) is 101 Å². The van der Waals surface area contributed by atoms with Crippen LogP contribution in [0, 0.1) is 0 Å². The summed E-state index contributed by atoms with van der Waals surface area (Å²) in [6, 6.07) is 0. The molecule has 3 rings (SSSR count). The second kappa shape index (κ2) is 5.40. The third-order valence-electron chi connectivity index (χ3n) is 3.64. The summed E-state index contributed by atoms with van der Waals surface area (Å²) >= 11 is 0. The quantitative estimate of drug-likeness (QED) is 0.847. The van der Waals surface area contributed by atoms with Crippen LogP contribution in [0.2, 0.25) is 0 Å². The molecule has 0 aliphatic heterocycles. The first-order valence-electron chi connectivity index (χ1n) is 6.78. The van der Waals surface area contributed by atoms with E-state index in [4.69, 9.17) is 0 Å². The van der Waals surface area contributed by atoms with Crippen molar-refractivity contribution in [2.24, 2.45) is 7.05 Å². The first-order valence-corrected chi connectivity index (χ1v) is 6.78. The number of amides is 1. The summed E-state index contributed by atoms with van der Waals surface area (Å²) in [5, 5.41) is 20.7. The molecule has 2 aromatic rings. The Balaban J connectivity index is 1.73. The first-order chi connectivity index (χ1) is 9.74. The van der Waals surface area contributed by atoms with Gasteiger partial charge in [-0.1, -0.05) is 18.1 Å². The van der Waals surface area contributed by atoms with Gasteiger partial charge in [-0.25, -0.2) is 0 Å². The number of nitrogens with zero attached hydrogens (tertiary/aromatic N) is 5. The van der Waals surface area contributed by atoms with Crippen LogP contribution >= 0.6 is 0 Å². The number of tetrazole rings is 1. The minimum absolute atomic E-state index is 0.134. The number of aryl methyl sites for hydroxylation is 1. The van der Waals surface area contributed by atoms with Crippen LogP contribution in [0.15, 0.2) is 6.20 Å². The molecule has 20 heavy (non-hydrogen) atoms. The highest BCUT2D eigenvalue weighted by Crippen LogP contribution is 2.34. The second-order valence-corrected chi connectivity index (χ2v) is 5.09. The van der Waals surface area contributed by atoms with Gasteiger partial charge in [0.2, 0.25) is 0 Å². The van der Waals surface area contributed by atoms with Gasteiger partial charge in [0.15, 0.2) is 5.82 Å². The number of hydrogen-bond donors (Lipinski definition) is 2. The molecule has 106 valence electrons. The molecule has 0 atom stereocenters. The minimum atomic E-state index is -0.134. The van der Waals surface area contributed by atoms with Gasteiger partial charge >= 0.3 is 0 Å². The van der Waals surface area contributed by atoms with Crippen LogP contribution in [0.1, 0.15) is 53.5 Å². The van der Waals surface area contributed by atoms with E-state index in [1.54, 1.807) is 10.9 Å². The number of hydrogen-bond acceptors (Lipinski definition) is 5. The van der Waals surface area contributed by atoms with E-state index >= 15 is 0 Å². The van der Waals surface area contributed by atoms with Gasteiger partial charge in [0.1, 0.15) is 0 Å². The van der Waals surface area contributed by atoms with Crippen molar-refractivity contribution < 1.29 is 4.79 Å². The van der Waals surface area contributed by atoms with E-state index in [-0.39, 0.29) is 12.5 Å². The van der Waals surface area contributed by atoms with Crippen molar-refractivity contribution in [2.75, 3.05) is 0 Å². The largest absolute Gasteiger partial charge is 0.344 e. The molecule has 0 aromatic carbocycles. The van der Waals surface area contributed by atoms with Crippen molar-refractivity contribution in [3.8, 4) is 0 Å². The number of nitrogens with one attached hydrogen (secondary N) is 2. The first kappa shape index (κ1) is 12.8. The van der Waals surface area contributed by atoms with Crippen molar-refractivity contribution in [3.05, 3.63) is 23.3 Å². The fraction of sp³-hybridized carbons (Fsp3) is 0.583. The summed E-state index contributed by atoms with van der Waals surface area (Å²) in [5.41, 5.74) is 1.57. The zero-order chi connectivity index (χ0) is 13.9. The molecule has 8 heteroatoms. The average molecular weight is 275 g/mol. The molecule has 1 aliphatic carbocycles.